The quantitative estimate of drug-likeness (QED) is 0.382. The number of nitrogens with two attached hydrogens (primary N) is 1. The monoisotopic (exact) mass is 479 g/mol. The van der Waals surface area contributed by atoms with E-state index in [2.05, 4.69) is 31.2 Å². The molecule has 0 radical (unpaired) electrons. The van der Waals surface area contributed by atoms with Gasteiger partial charge in [-0.1, -0.05) is 67.6 Å². The number of hydrogen-bond donors (Lipinski definition) is 3. The molecule has 1 aliphatic heterocycles. The number of thioether (sulfide) groups is 1. The van der Waals surface area contributed by atoms with Gasteiger partial charge in [-0.15, -0.1) is 0 Å². The van der Waals surface area contributed by atoms with Crippen LogP contribution in [0.1, 0.15) is 41.6 Å². The molecule has 1 saturated heterocycles. The minimum absolute atomic E-state index is 0.0195. The average molecular weight is 480 g/mol. The Balaban J connectivity index is 1.62. The highest BCUT2D eigenvalue weighted by Gasteiger charge is 2.38. The van der Waals surface area contributed by atoms with Crippen LogP contribution in [-0.2, 0) is 22.6 Å². The molecule has 1 heterocycles. The second-order valence-electron chi connectivity index (χ2n) is 8.65. The molecule has 34 heavy (non-hydrogen) atoms. The van der Waals surface area contributed by atoms with Gasteiger partial charge in [-0.2, -0.15) is 11.8 Å². The molecule has 0 amide bonds. The minimum atomic E-state index is -0.504. The molecule has 3 aromatic carbocycles. The van der Waals surface area contributed by atoms with Gasteiger partial charge in [-0.05, 0) is 39.9 Å². The van der Waals surface area contributed by atoms with Crippen LogP contribution in [0, 0.1) is 5.92 Å². The maximum absolute atomic E-state index is 9.42. The molecular formula is C28H33NO4S. The summed E-state index contributed by atoms with van der Waals surface area (Å²) >= 11 is 1.69. The van der Waals surface area contributed by atoms with Crippen molar-refractivity contribution in [3.63, 3.8) is 0 Å². The molecular weight excluding hydrogens is 446 g/mol. The molecule has 6 heteroatoms. The Morgan fingerprint density at radius 3 is 2.29 bits per heavy atom. The van der Waals surface area contributed by atoms with Crippen LogP contribution in [0.2, 0.25) is 0 Å². The number of hydrogen-bond acceptors (Lipinski definition) is 6. The van der Waals surface area contributed by atoms with Crippen LogP contribution in [0.25, 0.3) is 11.1 Å². The molecule has 1 fully saturated rings. The van der Waals surface area contributed by atoms with Crippen LogP contribution in [0.15, 0.2) is 72.8 Å². The van der Waals surface area contributed by atoms with E-state index in [0.29, 0.717) is 12.3 Å². The number of aliphatic hydroxyl groups is 2. The topological polar surface area (TPSA) is 84.9 Å². The first-order valence-corrected chi connectivity index (χ1v) is 12.9. The van der Waals surface area contributed by atoms with Crippen LogP contribution >= 0.6 is 11.8 Å². The molecule has 0 aromatic heterocycles. The summed E-state index contributed by atoms with van der Waals surface area (Å²) in [6, 6.07) is 24.5. The number of rotatable bonds is 9. The lowest BCUT2D eigenvalue weighted by molar-refractivity contribution is -0.268. The molecule has 5 nitrogen and oxygen atoms in total. The third-order valence-corrected chi connectivity index (χ3v) is 7.33. The van der Waals surface area contributed by atoms with E-state index in [9.17, 15) is 10.2 Å². The summed E-state index contributed by atoms with van der Waals surface area (Å²) in [6.07, 6.45) is -0.673. The van der Waals surface area contributed by atoms with Gasteiger partial charge in [0.2, 0.25) is 0 Å². The fourth-order valence-corrected chi connectivity index (χ4v) is 5.23. The zero-order chi connectivity index (χ0) is 23.9. The van der Waals surface area contributed by atoms with Crippen LogP contribution in [-0.4, -0.2) is 34.4 Å². The summed E-state index contributed by atoms with van der Waals surface area (Å²) in [7, 11) is 0. The van der Waals surface area contributed by atoms with Crippen LogP contribution in [0.3, 0.4) is 0 Å². The number of aliphatic hydroxyl groups excluding tert-OH is 2. The molecule has 0 aliphatic carbocycles. The van der Waals surface area contributed by atoms with E-state index in [1.54, 1.807) is 11.8 Å². The van der Waals surface area contributed by atoms with Gasteiger partial charge in [0, 0.05) is 29.5 Å². The van der Waals surface area contributed by atoms with Crippen LogP contribution in [0.5, 0.6) is 0 Å². The molecule has 0 spiro atoms. The van der Waals surface area contributed by atoms with E-state index in [1.807, 2.05) is 48.5 Å². The van der Waals surface area contributed by atoms with Crippen LogP contribution in [0.4, 0.5) is 0 Å². The van der Waals surface area contributed by atoms with Gasteiger partial charge >= 0.3 is 0 Å². The first-order valence-electron chi connectivity index (χ1n) is 11.7. The largest absolute Gasteiger partial charge is 0.396 e. The highest BCUT2D eigenvalue weighted by molar-refractivity contribution is 7.99. The fourth-order valence-electron chi connectivity index (χ4n) is 4.32. The normalized spacial score (nSPS) is 22.6. The van der Waals surface area contributed by atoms with Gasteiger partial charge < -0.3 is 25.4 Å². The van der Waals surface area contributed by atoms with E-state index in [1.165, 1.54) is 0 Å². The molecule has 4 unspecified atom stereocenters. The summed E-state index contributed by atoms with van der Waals surface area (Å²) < 4.78 is 13.0. The maximum Gasteiger partial charge on any atom is 0.184 e. The van der Waals surface area contributed by atoms with Crippen molar-refractivity contribution >= 4 is 11.8 Å². The lowest BCUT2D eigenvalue weighted by atomic mass is 9.91. The second-order valence-corrected chi connectivity index (χ2v) is 9.80. The predicted octanol–water partition coefficient (Wildman–Crippen LogP) is 4.82. The van der Waals surface area contributed by atoms with Crippen molar-refractivity contribution in [2.24, 2.45) is 11.7 Å². The zero-order valence-electron chi connectivity index (χ0n) is 19.5. The van der Waals surface area contributed by atoms with Crippen molar-refractivity contribution in [3.8, 4) is 11.1 Å². The van der Waals surface area contributed by atoms with Crippen molar-refractivity contribution < 1.29 is 19.7 Å². The lowest BCUT2D eigenvalue weighted by Crippen LogP contribution is -2.38. The third kappa shape index (κ3) is 5.89. The molecule has 4 atom stereocenters. The SMILES string of the molecule is CC1C(CSCCO)OC(c2cccc(-c3cccc(CN)c3)c2)OC1c1ccc(CO)cc1. The van der Waals surface area contributed by atoms with Gasteiger partial charge in [0.05, 0.1) is 25.4 Å². The van der Waals surface area contributed by atoms with Crippen LogP contribution < -0.4 is 5.73 Å². The fraction of sp³-hybridized carbons (Fsp3) is 0.357. The second kappa shape index (κ2) is 12.0. The first kappa shape index (κ1) is 24.9. The molecule has 4 N–H and O–H groups in total. The van der Waals surface area contributed by atoms with Gasteiger partial charge in [0.15, 0.2) is 6.29 Å². The summed E-state index contributed by atoms with van der Waals surface area (Å²) in [4.78, 5) is 0. The van der Waals surface area contributed by atoms with Crippen molar-refractivity contribution in [1.29, 1.82) is 0 Å². The summed E-state index contributed by atoms with van der Waals surface area (Å²) in [6.45, 7) is 2.83. The van der Waals surface area contributed by atoms with Crippen molar-refractivity contribution in [2.45, 2.75) is 38.6 Å². The molecule has 3 aromatic rings. The van der Waals surface area contributed by atoms with Gasteiger partial charge in [-0.25, -0.2) is 0 Å². The Morgan fingerprint density at radius 1 is 0.853 bits per heavy atom. The minimum Gasteiger partial charge on any atom is -0.396 e. The molecule has 180 valence electrons. The Hall–Kier alpha value is -2.19. The van der Waals surface area contributed by atoms with E-state index in [0.717, 1.165) is 39.1 Å². The Labute approximate surface area is 205 Å². The summed E-state index contributed by atoms with van der Waals surface area (Å²) in [5.74, 6) is 1.60. The smallest absolute Gasteiger partial charge is 0.184 e. The Bertz CT molecular complexity index is 1060. The van der Waals surface area contributed by atoms with Gasteiger partial charge in [0.1, 0.15) is 0 Å². The standard InChI is InChI=1S/C28H33NO4S/c1-19-26(18-34-13-12-30)32-28(33-27(19)22-10-8-20(17-31)9-11-22)25-7-3-6-24(15-25)23-5-2-4-21(14-23)16-29/h2-11,14-15,19,26-28,30-31H,12-13,16-18,29H2,1H3. The summed E-state index contributed by atoms with van der Waals surface area (Å²) in [5, 5.41) is 18.6. The van der Waals surface area contributed by atoms with Gasteiger partial charge in [-0.3, -0.25) is 0 Å². The van der Waals surface area contributed by atoms with E-state index in [4.69, 9.17) is 15.2 Å². The molecule has 0 saturated carbocycles. The Kier molecular flexibility index (Phi) is 8.78. The van der Waals surface area contributed by atoms with Crippen molar-refractivity contribution in [1.82, 2.24) is 0 Å². The van der Waals surface area contributed by atoms with Gasteiger partial charge in [0.25, 0.3) is 0 Å². The van der Waals surface area contributed by atoms with Crippen molar-refractivity contribution in [2.75, 3.05) is 18.1 Å². The lowest BCUT2D eigenvalue weighted by Gasteiger charge is -2.41. The Morgan fingerprint density at radius 2 is 1.59 bits per heavy atom. The van der Waals surface area contributed by atoms with E-state index >= 15 is 0 Å². The first-order chi connectivity index (χ1) is 16.6. The molecule has 4 rings (SSSR count). The van der Waals surface area contributed by atoms with E-state index < -0.39 is 6.29 Å². The summed E-state index contributed by atoms with van der Waals surface area (Å²) in [5.41, 5.74) is 12.1. The molecule has 1 aliphatic rings. The predicted molar refractivity (Wildman–Crippen MR) is 137 cm³/mol. The highest BCUT2D eigenvalue weighted by atomic mass is 32.2. The highest BCUT2D eigenvalue weighted by Crippen LogP contribution is 2.43. The molecule has 0 bridgehead atoms. The maximum atomic E-state index is 9.42. The van der Waals surface area contributed by atoms with Crippen molar-refractivity contribution in [3.05, 3.63) is 95.1 Å². The zero-order valence-corrected chi connectivity index (χ0v) is 20.3. The average Bonchev–Trinajstić information content (AvgIpc) is 2.90. The third-order valence-electron chi connectivity index (χ3n) is 6.30. The number of benzene rings is 3. The number of ether oxygens (including phenoxy) is 2. The van der Waals surface area contributed by atoms with E-state index in [-0.39, 0.29) is 31.3 Å².